The number of rotatable bonds is 5. The molecule has 6 heteroatoms. The number of carboxylic acid groups (broad SMARTS) is 1. The van der Waals surface area contributed by atoms with Crippen molar-refractivity contribution in [3.63, 3.8) is 0 Å². The molecule has 1 N–H and O–H groups in total. The van der Waals surface area contributed by atoms with Crippen LogP contribution in [-0.2, 0) is 11.3 Å². The second-order valence-electron chi connectivity index (χ2n) is 5.27. The lowest BCUT2D eigenvalue weighted by molar-refractivity contribution is -0.0347. The Morgan fingerprint density at radius 2 is 2.19 bits per heavy atom. The van der Waals surface area contributed by atoms with E-state index in [0.717, 1.165) is 12.3 Å². The average molecular weight is 294 g/mol. The van der Waals surface area contributed by atoms with Gasteiger partial charge in [-0.1, -0.05) is 12.1 Å². The van der Waals surface area contributed by atoms with E-state index in [1.165, 1.54) is 10.5 Å². The average Bonchev–Trinajstić information content (AvgIpc) is 2.48. The SMILES string of the molecule is COc1ccc(CN(C)C[C@H]2CN(C(=O)O)CCO2)cc1. The van der Waals surface area contributed by atoms with Crippen molar-refractivity contribution in [3.05, 3.63) is 29.8 Å². The molecule has 1 atom stereocenters. The number of hydrogen-bond donors (Lipinski definition) is 1. The first-order valence-corrected chi connectivity index (χ1v) is 6.99. The van der Waals surface area contributed by atoms with Gasteiger partial charge in [0.15, 0.2) is 0 Å². The molecule has 0 saturated carbocycles. The van der Waals surface area contributed by atoms with Gasteiger partial charge in [0.2, 0.25) is 0 Å². The van der Waals surface area contributed by atoms with Crippen LogP contribution in [0.5, 0.6) is 5.75 Å². The second-order valence-corrected chi connectivity index (χ2v) is 5.27. The van der Waals surface area contributed by atoms with E-state index < -0.39 is 6.09 Å². The molecule has 1 saturated heterocycles. The van der Waals surface area contributed by atoms with Crippen LogP contribution in [0.4, 0.5) is 4.79 Å². The first-order valence-electron chi connectivity index (χ1n) is 6.99. The number of carbonyl (C=O) groups is 1. The summed E-state index contributed by atoms with van der Waals surface area (Å²) in [5.74, 6) is 0.842. The molecule has 1 amide bonds. The van der Waals surface area contributed by atoms with E-state index in [0.29, 0.717) is 26.2 Å². The highest BCUT2D eigenvalue weighted by atomic mass is 16.5. The molecular formula is C15H22N2O4. The Hall–Kier alpha value is -1.79. The Morgan fingerprint density at radius 3 is 2.81 bits per heavy atom. The second kappa shape index (κ2) is 7.28. The highest BCUT2D eigenvalue weighted by Gasteiger charge is 2.24. The molecule has 0 radical (unpaired) electrons. The van der Waals surface area contributed by atoms with E-state index in [9.17, 15) is 4.79 Å². The number of morpholine rings is 1. The third kappa shape index (κ3) is 4.61. The first kappa shape index (κ1) is 15.6. The van der Waals surface area contributed by atoms with Crippen molar-refractivity contribution in [1.82, 2.24) is 9.80 Å². The summed E-state index contributed by atoms with van der Waals surface area (Å²) in [6.07, 6.45) is -0.945. The summed E-state index contributed by atoms with van der Waals surface area (Å²) in [5.41, 5.74) is 1.18. The number of ether oxygens (including phenoxy) is 2. The van der Waals surface area contributed by atoms with Crippen molar-refractivity contribution in [2.45, 2.75) is 12.6 Å². The van der Waals surface area contributed by atoms with Gasteiger partial charge >= 0.3 is 6.09 Å². The Morgan fingerprint density at radius 1 is 1.48 bits per heavy atom. The predicted molar refractivity (Wildman–Crippen MR) is 78.7 cm³/mol. The van der Waals surface area contributed by atoms with Crippen LogP contribution < -0.4 is 4.74 Å². The molecule has 0 spiro atoms. The minimum atomic E-state index is -0.874. The van der Waals surface area contributed by atoms with E-state index in [-0.39, 0.29) is 6.10 Å². The van der Waals surface area contributed by atoms with Crippen LogP contribution in [0.15, 0.2) is 24.3 Å². The summed E-state index contributed by atoms with van der Waals surface area (Å²) in [6.45, 7) is 2.84. The zero-order valence-corrected chi connectivity index (χ0v) is 12.5. The molecule has 0 aliphatic carbocycles. The maximum absolute atomic E-state index is 11.0. The van der Waals surface area contributed by atoms with Crippen molar-refractivity contribution in [3.8, 4) is 5.75 Å². The van der Waals surface area contributed by atoms with Gasteiger partial charge in [-0.2, -0.15) is 0 Å². The number of methoxy groups -OCH3 is 1. The van der Waals surface area contributed by atoms with Gasteiger partial charge in [-0.15, -0.1) is 0 Å². The lowest BCUT2D eigenvalue weighted by atomic mass is 10.2. The maximum Gasteiger partial charge on any atom is 0.407 e. The summed E-state index contributed by atoms with van der Waals surface area (Å²) in [4.78, 5) is 14.5. The Balaban J connectivity index is 1.83. The number of amides is 1. The molecule has 2 rings (SSSR count). The molecule has 0 unspecified atom stereocenters. The van der Waals surface area contributed by atoms with Crippen molar-refractivity contribution in [2.75, 3.05) is 40.4 Å². The van der Waals surface area contributed by atoms with Gasteiger partial charge in [-0.05, 0) is 24.7 Å². The molecule has 1 aliphatic heterocycles. The van der Waals surface area contributed by atoms with E-state index in [1.807, 2.05) is 31.3 Å². The first-order chi connectivity index (χ1) is 10.1. The van der Waals surface area contributed by atoms with E-state index >= 15 is 0 Å². The molecule has 1 aromatic carbocycles. The monoisotopic (exact) mass is 294 g/mol. The number of hydrogen-bond acceptors (Lipinski definition) is 4. The Labute approximate surface area is 124 Å². The van der Waals surface area contributed by atoms with E-state index in [1.54, 1.807) is 7.11 Å². The standard InChI is InChI=1S/C15H22N2O4/c1-16(9-12-3-5-13(20-2)6-4-12)10-14-11-17(15(18)19)7-8-21-14/h3-6,14H,7-11H2,1-2H3,(H,18,19)/t14-/m0/s1. The molecular weight excluding hydrogens is 272 g/mol. The van der Waals surface area contributed by atoms with E-state index in [4.69, 9.17) is 14.6 Å². The molecule has 116 valence electrons. The van der Waals surface area contributed by atoms with Crippen molar-refractivity contribution >= 4 is 6.09 Å². The largest absolute Gasteiger partial charge is 0.497 e. The summed E-state index contributed by atoms with van der Waals surface area (Å²) >= 11 is 0. The minimum Gasteiger partial charge on any atom is -0.497 e. The zero-order valence-electron chi connectivity index (χ0n) is 12.5. The fraction of sp³-hybridized carbons (Fsp3) is 0.533. The van der Waals surface area contributed by atoms with Crippen LogP contribution in [0.3, 0.4) is 0 Å². The predicted octanol–water partition coefficient (Wildman–Crippen LogP) is 1.51. The summed E-state index contributed by atoms with van der Waals surface area (Å²) < 4.78 is 10.8. The molecule has 6 nitrogen and oxygen atoms in total. The Bertz CT molecular complexity index is 463. The third-order valence-electron chi connectivity index (χ3n) is 3.54. The lowest BCUT2D eigenvalue weighted by Gasteiger charge is -2.33. The summed E-state index contributed by atoms with van der Waals surface area (Å²) in [5, 5.41) is 9.02. The fourth-order valence-corrected chi connectivity index (χ4v) is 2.46. The quantitative estimate of drug-likeness (QED) is 0.892. The van der Waals surface area contributed by atoms with Crippen LogP contribution in [-0.4, -0.2) is 67.5 Å². The third-order valence-corrected chi connectivity index (χ3v) is 3.54. The van der Waals surface area contributed by atoms with Gasteiger partial charge in [-0.3, -0.25) is 4.90 Å². The van der Waals surface area contributed by atoms with Crippen molar-refractivity contribution in [2.24, 2.45) is 0 Å². The van der Waals surface area contributed by atoms with Gasteiger partial charge in [0.25, 0.3) is 0 Å². The molecule has 1 heterocycles. The van der Waals surface area contributed by atoms with Crippen molar-refractivity contribution in [1.29, 1.82) is 0 Å². The summed E-state index contributed by atoms with van der Waals surface area (Å²) in [7, 11) is 3.66. The van der Waals surface area contributed by atoms with Gasteiger partial charge in [0.05, 0.1) is 26.4 Å². The maximum atomic E-state index is 11.0. The smallest absolute Gasteiger partial charge is 0.407 e. The highest BCUT2D eigenvalue weighted by molar-refractivity contribution is 5.65. The van der Waals surface area contributed by atoms with Crippen LogP contribution in [0, 0.1) is 0 Å². The molecule has 0 bridgehead atoms. The van der Waals surface area contributed by atoms with Crippen LogP contribution >= 0.6 is 0 Å². The topological polar surface area (TPSA) is 62.2 Å². The van der Waals surface area contributed by atoms with Gasteiger partial charge in [0, 0.05) is 19.6 Å². The molecule has 1 aromatic rings. The molecule has 21 heavy (non-hydrogen) atoms. The molecule has 1 fully saturated rings. The lowest BCUT2D eigenvalue weighted by Crippen LogP contribution is -2.48. The summed E-state index contributed by atoms with van der Waals surface area (Å²) in [6, 6.07) is 7.93. The molecule has 0 aromatic heterocycles. The number of likely N-dealkylation sites (N-methyl/N-ethyl adjacent to an activating group) is 1. The van der Waals surface area contributed by atoms with Crippen LogP contribution in [0.2, 0.25) is 0 Å². The number of nitrogens with zero attached hydrogens (tertiary/aromatic N) is 2. The van der Waals surface area contributed by atoms with Gasteiger partial charge < -0.3 is 19.5 Å². The zero-order chi connectivity index (χ0) is 15.2. The normalized spacial score (nSPS) is 18.8. The highest BCUT2D eigenvalue weighted by Crippen LogP contribution is 2.13. The minimum absolute atomic E-state index is 0.0712. The van der Waals surface area contributed by atoms with E-state index in [2.05, 4.69) is 4.90 Å². The van der Waals surface area contributed by atoms with Gasteiger partial charge in [-0.25, -0.2) is 4.79 Å². The van der Waals surface area contributed by atoms with Crippen LogP contribution in [0.25, 0.3) is 0 Å². The number of benzene rings is 1. The fourth-order valence-electron chi connectivity index (χ4n) is 2.46. The Kier molecular flexibility index (Phi) is 5.41. The molecule has 1 aliphatic rings. The van der Waals surface area contributed by atoms with Crippen molar-refractivity contribution < 1.29 is 19.4 Å². The van der Waals surface area contributed by atoms with Crippen LogP contribution in [0.1, 0.15) is 5.56 Å². The van der Waals surface area contributed by atoms with Gasteiger partial charge in [0.1, 0.15) is 5.75 Å².